The van der Waals surface area contributed by atoms with E-state index in [9.17, 15) is 0 Å². The normalized spacial score (nSPS) is 30.7. The van der Waals surface area contributed by atoms with E-state index < -0.39 is 0 Å². The topological polar surface area (TPSA) is 27.3 Å². The van der Waals surface area contributed by atoms with E-state index in [2.05, 4.69) is 40.0 Å². The molecule has 1 aromatic rings. The summed E-state index contributed by atoms with van der Waals surface area (Å²) in [4.78, 5) is 2.65. The number of nitrogens with one attached hydrogen (secondary N) is 2. The van der Waals surface area contributed by atoms with E-state index in [0.29, 0.717) is 12.2 Å². The number of nitrogens with zero attached hydrogens (tertiary/aromatic N) is 1. The molecule has 0 bridgehead atoms. The summed E-state index contributed by atoms with van der Waals surface area (Å²) in [7, 11) is 0. The van der Waals surface area contributed by atoms with Gasteiger partial charge in [-0.25, -0.2) is 5.43 Å². The van der Waals surface area contributed by atoms with Crippen molar-refractivity contribution in [2.45, 2.75) is 43.8 Å². The maximum Gasteiger partial charge on any atom is 0.0874 e. The van der Waals surface area contributed by atoms with Crippen LogP contribution in [0.4, 0.5) is 0 Å². The van der Waals surface area contributed by atoms with E-state index in [0.717, 1.165) is 12.5 Å². The highest BCUT2D eigenvalue weighted by atomic mass is 35.5. The minimum Gasteiger partial charge on any atom is -0.279 e. The van der Waals surface area contributed by atoms with Crippen LogP contribution in [-0.4, -0.2) is 24.2 Å². The molecule has 0 aromatic heterocycles. The van der Waals surface area contributed by atoms with Crippen molar-refractivity contribution in [1.82, 2.24) is 15.8 Å². The molecule has 2 aliphatic heterocycles. The van der Waals surface area contributed by atoms with Crippen LogP contribution in [0.25, 0.3) is 0 Å². The lowest BCUT2D eigenvalue weighted by atomic mass is 9.95. The second-order valence-corrected chi connectivity index (χ2v) is 5.84. The number of hydrazine groups is 1. The zero-order chi connectivity index (χ0) is 11.9. The third-order valence-electron chi connectivity index (χ3n) is 4.63. The Labute approximate surface area is 121 Å². The Hall–Kier alpha value is -0.610. The molecule has 104 valence electrons. The molecule has 4 rings (SSSR count). The molecule has 4 heteroatoms. The fourth-order valence-electron chi connectivity index (χ4n) is 3.47. The van der Waals surface area contributed by atoms with Gasteiger partial charge >= 0.3 is 0 Å². The summed E-state index contributed by atoms with van der Waals surface area (Å²) >= 11 is 0. The van der Waals surface area contributed by atoms with Gasteiger partial charge < -0.3 is 0 Å². The second kappa shape index (κ2) is 5.41. The molecule has 19 heavy (non-hydrogen) atoms. The molecule has 2 atom stereocenters. The van der Waals surface area contributed by atoms with Crippen molar-refractivity contribution in [2.24, 2.45) is 0 Å². The molecular weight excluding hydrogens is 258 g/mol. The van der Waals surface area contributed by atoms with Gasteiger partial charge in [0.05, 0.1) is 6.17 Å². The Morgan fingerprint density at radius 2 is 1.79 bits per heavy atom. The Balaban J connectivity index is 0.00000110. The smallest absolute Gasteiger partial charge is 0.0874 e. The average molecular weight is 280 g/mol. The van der Waals surface area contributed by atoms with Crippen molar-refractivity contribution in [2.75, 3.05) is 13.1 Å². The average Bonchev–Trinajstić information content (AvgIpc) is 3.08. The minimum absolute atomic E-state index is 0. The van der Waals surface area contributed by atoms with E-state index in [-0.39, 0.29) is 12.4 Å². The van der Waals surface area contributed by atoms with Crippen molar-refractivity contribution in [1.29, 1.82) is 0 Å². The van der Waals surface area contributed by atoms with Crippen LogP contribution in [0.5, 0.6) is 0 Å². The highest BCUT2D eigenvalue weighted by molar-refractivity contribution is 5.85. The quantitative estimate of drug-likeness (QED) is 0.890. The van der Waals surface area contributed by atoms with E-state index >= 15 is 0 Å². The standard InChI is InChI=1S/C15H21N3.ClH/c1-2-5-13(12(4-1)11-7-8-11)14-6-3-9-18(14)15-10-16-17-15;/h1-2,4-5,11,14-17H,3,6-10H2;1H. The molecule has 1 aliphatic carbocycles. The van der Waals surface area contributed by atoms with Gasteiger partial charge in [0.25, 0.3) is 0 Å². The van der Waals surface area contributed by atoms with E-state index in [1.165, 1.54) is 32.2 Å². The molecule has 2 heterocycles. The number of likely N-dealkylation sites (tertiary alicyclic amines) is 1. The number of benzene rings is 1. The highest BCUT2D eigenvalue weighted by Gasteiger charge is 2.37. The predicted octanol–water partition coefficient (Wildman–Crippen LogP) is 2.56. The first-order valence-electron chi connectivity index (χ1n) is 7.26. The molecule has 0 spiro atoms. The first kappa shape index (κ1) is 13.4. The van der Waals surface area contributed by atoms with Crippen LogP contribution >= 0.6 is 12.4 Å². The van der Waals surface area contributed by atoms with Gasteiger partial charge in [0.2, 0.25) is 0 Å². The number of halogens is 1. The van der Waals surface area contributed by atoms with Crippen LogP contribution in [0, 0.1) is 0 Å². The van der Waals surface area contributed by atoms with Gasteiger partial charge in [-0.05, 0) is 42.7 Å². The summed E-state index contributed by atoms with van der Waals surface area (Å²) in [5, 5.41) is 0. The molecule has 1 saturated carbocycles. The van der Waals surface area contributed by atoms with E-state index in [4.69, 9.17) is 0 Å². The van der Waals surface area contributed by atoms with Gasteiger partial charge in [0, 0.05) is 19.1 Å². The largest absolute Gasteiger partial charge is 0.279 e. The summed E-state index contributed by atoms with van der Waals surface area (Å²) < 4.78 is 0. The van der Waals surface area contributed by atoms with Crippen molar-refractivity contribution < 1.29 is 0 Å². The third-order valence-corrected chi connectivity index (χ3v) is 4.63. The number of hydrogen-bond acceptors (Lipinski definition) is 3. The molecule has 3 fully saturated rings. The van der Waals surface area contributed by atoms with Crippen LogP contribution in [0.2, 0.25) is 0 Å². The monoisotopic (exact) mass is 279 g/mol. The van der Waals surface area contributed by atoms with Gasteiger partial charge in [-0.15, -0.1) is 12.4 Å². The lowest BCUT2D eigenvalue weighted by Crippen LogP contribution is -2.66. The first-order chi connectivity index (χ1) is 8.93. The van der Waals surface area contributed by atoms with Crippen LogP contribution < -0.4 is 10.9 Å². The van der Waals surface area contributed by atoms with Gasteiger partial charge in [-0.3, -0.25) is 10.3 Å². The summed E-state index contributed by atoms with van der Waals surface area (Å²) in [6.07, 6.45) is 5.99. The Morgan fingerprint density at radius 3 is 2.42 bits per heavy atom. The van der Waals surface area contributed by atoms with Crippen molar-refractivity contribution in [3.8, 4) is 0 Å². The lowest BCUT2D eigenvalue weighted by molar-refractivity contribution is 0.0745. The SMILES string of the molecule is Cl.c1ccc(C2CCCN2C2CNN2)c(C2CC2)c1. The lowest BCUT2D eigenvalue weighted by Gasteiger charge is -2.40. The third kappa shape index (κ3) is 2.40. The van der Waals surface area contributed by atoms with Crippen LogP contribution in [0.15, 0.2) is 24.3 Å². The molecule has 2 N–H and O–H groups in total. The van der Waals surface area contributed by atoms with Gasteiger partial charge in [0.1, 0.15) is 0 Å². The maximum atomic E-state index is 3.33. The minimum atomic E-state index is 0. The van der Waals surface area contributed by atoms with Crippen molar-refractivity contribution in [3.05, 3.63) is 35.4 Å². The van der Waals surface area contributed by atoms with Crippen LogP contribution in [0.3, 0.4) is 0 Å². The molecule has 0 radical (unpaired) electrons. The Morgan fingerprint density at radius 1 is 1.05 bits per heavy atom. The Bertz CT molecular complexity index is 443. The fraction of sp³-hybridized carbons (Fsp3) is 0.600. The number of hydrogen-bond donors (Lipinski definition) is 2. The van der Waals surface area contributed by atoms with Gasteiger partial charge in [-0.1, -0.05) is 24.3 Å². The molecule has 1 aromatic carbocycles. The predicted molar refractivity (Wildman–Crippen MR) is 79.3 cm³/mol. The summed E-state index contributed by atoms with van der Waals surface area (Å²) in [6, 6.07) is 9.78. The summed E-state index contributed by atoms with van der Waals surface area (Å²) in [5.41, 5.74) is 9.73. The Kier molecular flexibility index (Phi) is 3.81. The molecular formula is C15H22ClN3. The molecule has 3 nitrogen and oxygen atoms in total. The van der Waals surface area contributed by atoms with Crippen LogP contribution in [0.1, 0.15) is 48.8 Å². The van der Waals surface area contributed by atoms with Crippen LogP contribution in [-0.2, 0) is 0 Å². The van der Waals surface area contributed by atoms with E-state index in [1.54, 1.807) is 11.1 Å². The molecule has 3 aliphatic rings. The van der Waals surface area contributed by atoms with Gasteiger partial charge in [0.15, 0.2) is 0 Å². The first-order valence-corrected chi connectivity index (χ1v) is 7.26. The summed E-state index contributed by atoms with van der Waals surface area (Å²) in [6.45, 7) is 2.32. The summed E-state index contributed by atoms with van der Waals surface area (Å²) in [5.74, 6) is 0.858. The van der Waals surface area contributed by atoms with Crippen molar-refractivity contribution >= 4 is 12.4 Å². The molecule has 0 amide bonds. The second-order valence-electron chi connectivity index (χ2n) is 5.84. The van der Waals surface area contributed by atoms with E-state index in [1.807, 2.05) is 0 Å². The zero-order valence-electron chi connectivity index (χ0n) is 11.1. The highest BCUT2D eigenvalue weighted by Crippen LogP contribution is 2.45. The maximum absolute atomic E-state index is 3.33. The zero-order valence-corrected chi connectivity index (χ0v) is 12.0. The van der Waals surface area contributed by atoms with Crippen molar-refractivity contribution in [3.63, 3.8) is 0 Å². The molecule has 2 unspecified atom stereocenters. The van der Waals surface area contributed by atoms with Gasteiger partial charge in [-0.2, -0.15) is 0 Å². The molecule has 2 saturated heterocycles. The fourth-order valence-corrected chi connectivity index (χ4v) is 3.47. The number of rotatable bonds is 3.